The van der Waals surface area contributed by atoms with Gasteiger partial charge in [-0.05, 0) is 37.0 Å². The molecule has 0 amide bonds. The molecule has 0 heterocycles. The second-order valence-corrected chi connectivity index (χ2v) is 13.5. The van der Waals surface area contributed by atoms with E-state index in [0.29, 0.717) is 145 Å². The second-order valence-electron chi connectivity index (χ2n) is 13.5. The van der Waals surface area contributed by atoms with E-state index < -0.39 is 0 Å². The van der Waals surface area contributed by atoms with Crippen molar-refractivity contribution >= 4 is 0 Å². The van der Waals surface area contributed by atoms with Crippen LogP contribution in [0, 0.1) is 0 Å². The average Bonchev–Trinajstić information content (AvgIpc) is 3.22. The monoisotopic (exact) mass is 803 g/mol. The van der Waals surface area contributed by atoms with Crippen LogP contribution in [0.4, 0.5) is 0 Å². The third-order valence-electron chi connectivity index (χ3n) is 8.60. The average molecular weight is 803 g/mol. The zero-order chi connectivity index (χ0) is 39.9. The molecule has 56 heavy (non-hydrogen) atoms. The first-order valence-corrected chi connectivity index (χ1v) is 21.9. The van der Waals surface area contributed by atoms with E-state index >= 15 is 0 Å². The predicted molar refractivity (Wildman–Crippen MR) is 221 cm³/mol. The third-order valence-corrected chi connectivity index (χ3v) is 8.60. The Bertz CT molecular complexity index is 863. The Morgan fingerprint density at radius 2 is 0.536 bits per heavy atom. The molecule has 12 heteroatoms. The quantitative estimate of drug-likeness (QED) is 0.0609. The Morgan fingerprint density at radius 1 is 0.268 bits per heavy atom. The maximum absolute atomic E-state index is 5.79. The zero-order valence-corrected chi connectivity index (χ0v) is 35.7. The van der Waals surface area contributed by atoms with Crippen molar-refractivity contribution in [3.8, 4) is 5.75 Å². The standard InChI is InChI=1S/C44H82O12/c1-3-5-7-9-10-11-13-15-43-16-18-44(19-17-43)56-42-41-55-40-39-54-38-37-53-36-35-52-34-33-51-32-31-50-30-29-49-28-27-48-26-25-47-24-23-46-22-21-45-20-14-12-8-6-4-2/h16-19H,3-15,20-42H2,1-2H3. The fraction of sp³-hybridized carbons (Fsp3) is 0.864. The van der Waals surface area contributed by atoms with Crippen LogP contribution in [0.25, 0.3) is 0 Å². The van der Waals surface area contributed by atoms with Gasteiger partial charge in [0.2, 0.25) is 0 Å². The van der Waals surface area contributed by atoms with Crippen molar-refractivity contribution in [3.63, 3.8) is 0 Å². The summed E-state index contributed by atoms with van der Waals surface area (Å²) in [6, 6.07) is 8.46. The Hall–Kier alpha value is -1.42. The Morgan fingerprint density at radius 3 is 0.875 bits per heavy atom. The number of ether oxygens (including phenoxy) is 12. The van der Waals surface area contributed by atoms with Gasteiger partial charge in [0.15, 0.2) is 0 Å². The predicted octanol–water partition coefficient (Wildman–Crippen LogP) is 7.51. The minimum absolute atomic E-state index is 0.516. The molecule has 0 atom stereocenters. The first-order valence-electron chi connectivity index (χ1n) is 21.9. The molecule has 0 spiro atoms. The molecule has 1 aromatic rings. The molecule has 0 bridgehead atoms. The van der Waals surface area contributed by atoms with E-state index in [1.807, 2.05) is 0 Å². The molecule has 0 radical (unpaired) electrons. The normalized spacial score (nSPS) is 11.5. The van der Waals surface area contributed by atoms with Crippen molar-refractivity contribution in [1.82, 2.24) is 0 Å². The summed E-state index contributed by atoms with van der Waals surface area (Å²) < 4.78 is 66.7. The first kappa shape index (κ1) is 52.6. The molecule has 1 aromatic carbocycles. The number of aryl methyl sites for hydroxylation is 1. The Kier molecular flexibility index (Phi) is 43.5. The minimum atomic E-state index is 0.516. The largest absolute Gasteiger partial charge is 0.491 e. The Labute approximate surface area is 341 Å². The molecule has 0 saturated heterocycles. The summed E-state index contributed by atoms with van der Waals surface area (Å²) in [5.74, 6) is 0.888. The van der Waals surface area contributed by atoms with Crippen molar-refractivity contribution in [3.05, 3.63) is 29.8 Å². The smallest absolute Gasteiger partial charge is 0.119 e. The minimum Gasteiger partial charge on any atom is -0.491 e. The van der Waals surface area contributed by atoms with E-state index in [9.17, 15) is 0 Å². The lowest BCUT2D eigenvalue weighted by molar-refractivity contribution is -0.0277. The van der Waals surface area contributed by atoms with Gasteiger partial charge in [0, 0.05) is 6.61 Å². The SMILES string of the molecule is CCCCCCCCCc1ccc(OCCOCCOCCOCCOCCOCCOCCOCCOCCOCCOCCOCCCCCCC)cc1. The highest BCUT2D eigenvalue weighted by Crippen LogP contribution is 2.15. The van der Waals surface area contributed by atoms with E-state index in [0.717, 1.165) is 25.2 Å². The van der Waals surface area contributed by atoms with Crippen molar-refractivity contribution < 1.29 is 56.8 Å². The summed E-state index contributed by atoms with van der Waals surface area (Å²) in [7, 11) is 0. The molecule has 12 nitrogen and oxygen atoms in total. The van der Waals surface area contributed by atoms with Crippen molar-refractivity contribution in [1.29, 1.82) is 0 Å². The van der Waals surface area contributed by atoms with Crippen molar-refractivity contribution in [2.45, 2.75) is 97.3 Å². The highest BCUT2D eigenvalue weighted by molar-refractivity contribution is 5.27. The maximum Gasteiger partial charge on any atom is 0.119 e. The summed E-state index contributed by atoms with van der Waals surface area (Å²) in [4.78, 5) is 0. The lowest BCUT2D eigenvalue weighted by Gasteiger charge is -2.09. The zero-order valence-electron chi connectivity index (χ0n) is 35.7. The van der Waals surface area contributed by atoms with Gasteiger partial charge in [0.05, 0.1) is 139 Å². The van der Waals surface area contributed by atoms with Gasteiger partial charge in [-0.1, -0.05) is 90.2 Å². The molecule has 0 aliphatic heterocycles. The molecule has 0 unspecified atom stereocenters. The summed E-state index contributed by atoms with van der Waals surface area (Å²) in [5, 5.41) is 0. The highest BCUT2D eigenvalue weighted by atomic mass is 16.6. The lowest BCUT2D eigenvalue weighted by atomic mass is 10.0. The van der Waals surface area contributed by atoms with Crippen molar-refractivity contribution in [2.75, 3.05) is 152 Å². The van der Waals surface area contributed by atoms with Gasteiger partial charge >= 0.3 is 0 Å². The molecule has 0 fully saturated rings. The highest BCUT2D eigenvalue weighted by Gasteiger charge is 2.00. The van der Waals surface area contributed by atoms with Gasteiger partial charge < -0.3 is 56.8 Å². The fourth-order valence-electron chi connectivity index (χ4n) is 5.37. The van der Waals surface area contributed by atoms with Gasteiger partial charge in [-0.2, -0.15) is 0 Å². The molecule has 0 N–H and O–H groups in total. The molecule has 0 aliphatic carbocycles. The second kappa shape index (κ2) is 46.3. The van der Waals surface area contributed by atoms with E-state index in [4.69, 9.17) is 56.8 Å². The fourth-order valence-corrected chi connectivity index (χ4v) is 5.37. The lowest BCUT2D eigenvalue weighted by Crippen LogP contribution is -2.15. The van der Waals surface area contributed by atoms with Gasteiger partial charge in [0.25, 0.3) is 0 Å². The van der Waals surface area contributed by atoms with Gasteiger partial charge in [0.1, 0.15) is 12.4 Å². The molecule has 0 aliphatic rings. The summed E-state index contributed by atoms with van der Waals surface area (Å²) in [5.41, 5.74) is 1.38. The van der Waals surface area contributed by atoms with Crippen LogP contribution < -0.4 is 4.74 Å². The summed E-state index contributed by atoms with van der Waals surface area (Å²) in [6.45, 7) is 17.1. The number of hydrogen-bond donors (Lipinski definition) is 0. The summed E-state index contributed by atoms with van der Waals surface area (Å²) >= 11 is 0. The number of rotatable bonds is 48. The third kappa shape index (κ3) is 40.8. The van der Waals surface area contributed by atoms with Gasteiger partial charge in [-0.15, -0.1) is 0 Å². The van der Waals surface area contributed by atoms with E-state index in [-0.39, 0.29) is 0 Å². The molecule has 0 saturated carbocycles. The van der Waals surface area contributed by atoms with Crippen LogP contribution in [0.3, 0.4) is 0 Å². The van der Waals surface area contributed by atoms with Crippen LogP contribution in [0.15, 0.2) is 24.3 Å². The van der Waals surface area contributed by atoms with Crippen LogP contribution in [-0.2, 0) is 58.5 Å². The van der Waals surface area contributed by atoms with Crippen LogP contribution in [-0.4, -0.2) is 152 Å². The summed E-state index contributed by atoms with van der Waals surface area (Å²) in [6.07, 6.45) is 16.8. The van der Waals surface area contributed by atoms with E-state index in [1.54, 1.807) is 0 Å². The van der Waals surface area contributed by atoms with Crippen LogP contribution in [0.5, 0.6) is 5.75 Å². The number of benzene rings is 1. The maximum atomic E-state index is 5.79. The van der Waals surface area contributed by atoms with Crippen molar-refractivity contribution in [2.24, 2.45) is 0 Å². The first-order chi connectivity index (χ1) is 27.9. The number of unbranched alkanes of at least 4 members (excludes halogenated alkanes) is 10. The van der Waals surface area contributed by atoms with Crippen LogP contribution >= 0.6 is 0 Å². The van der Waals surface area contributed by atoms with Gasteiger partial charge in [-0.25, -0.2) is 0 Å². The van der Waals surface area contributed by atoms with Crippen LogP contribution in [0.2, 0.25) is 0 Å². The molecular formula is C44H82O12. The molecule has 330 valence electrons. The number of hydrogen-bond acceptors (Lipinski definition) is 12. The van der Waals surface area contributed by atoms with E-state index in [2.05, 4.69) is 38.1 Å². The topological polar surface area (TPSA) is 111 Å². The van der Waals surface area contributed by atoms with E-state index in [1.165, 1.54) is 76.2 Å². The molecular weight excluding hydrogens is 720 g/mol. The van der Waals surface area contributed by atoms with Gasteiger partial charge in [-0.3, -0.25) is 0 Å². The molecule has 0 aromatic heterocycles. The molecule has 1 rings (SSSR count). The van der Waals surface area contributed by atoms with Crippen LogP contribution in [0.1, 0.15) is 96.5 Å². The Balaban J connectivity index is 1.67.